The molecule has 20 heavy (non-hydrogen) atoms. The predicted octanol–water partition coefficient (Wildman–Crippen LogP) is 2.15. The Morgan fingerprint density at radius 3 is 2.75 bits per heavy atom. The number of methoxy groups -OCH3 is 1. The molecule has 1 fully saturated rings. The quantitative estimate of drug-likeness (QED) is 0.916. The standard InChI is InChI=1S/C15H23N3O2/c1-11(2)18-8-5-12(6-9-18)15(19)17-14-10-13(20-3)4-7-16-14/h4,7,10-12H,5-6,8-9H2,1-3H3,(H,16,17,19). The number of carbonyl (C=O) groups excluding carboxylic acids is 1. The van der Waals surface area contributed by atoms with Crippen molar-refractivity contribution < 1.29 is 9.53 Å². The van der Waals surface area contributed by atoms with E-state index in [1.165, 1.54) is 0 Å². The normalized spacial score (nSPS) is 17.2. The van der Waals surface area contributed by atoms with Gasteiger partial charge in [-0.2, -0.15) is 0 Å². The zero-order chi connectivity index (χ0) is 14.5. The van der Waals surface area contributed by atoms with Crippen LogP contribution in [-0.2, 0) is 4.79 Å². The Bertz CT molecular complexity index is 454. The molecule has 1 saturated heterocycles. The second kappa shape index (κ2) is 6.70. The molecule has 0 aromatic carbocycles. The summed E-state index contributed by atoms with van der Waals surface area (Å²) in [6, 6.07) is 4.05. The zero-order valence-electron chi connectivity index (χ0n) is 12.4. The molecule has 0 radical (unpaired) electrons. The lowest BCUT2D eigenvalue weighted by atomic mass is 9.95. The first-order chi connectivity index (χ1) is 9.60. The topological polar surface area (TPSA) is 54.5 Å². The van der Waals surface area contributed by atoms with E-state index in [0.717, 1.165) is 25.9 Å². The summed E-state index contributed by atoms with van der Waals surface area (Å²) in [7, 11) is 1.60. The monoisotopic (exact) mass is 277 g/mol. The van der Waals surface area contributed by atoms with Crippen LogP contribution in [0.1, 0.15) is 26.7 Å². The Balaban J connectivity index is 1.89. The highest BCUT2D eigenvalue weighted by atomic mass is 16.5. The predicted molar refractivity (Wildman–Crippen MR) is 78.9 cm³/mol. The van der Waals surface area contributed by atoms with Crippen molar-refractivity contribution in [2.24, 2.45) is 5.92 Å². The van der Waals surface area contributed by atoms with Crippen LogP contribution in [0.3, 0.4) is 0 Å². The summed E-state index contributed by atoms with van der Waals surface area (Å²) in [5.74, 6) is 1.40. The first-order valence-electron chi connectivity index (χ1n) is 7.15. The lowest BCUT2D eigenvalue weighted by molar-refractivity contribution is -0.121. The number of nitrogens with zero attached hydrogens (tertiary/aromatic N) is 2. The van der Waals surface area contributed by atoms with Crippen LogP contribution in [0.5, 0.6) is 5.75 Å². The number of pyridine rings is 1. The van der Waals surface area contributed by atoms with Crippen LogP contribution < -0.4 is 10.1 Å². The fourth-order valence-corrected chi connectivity index (χ4v) is 2.51. The molecule has 0 bridgehead atoms. The number of likely N-dealkylation sites (tertiary alicyclic amines) is 1. The van der Waals surface area contributed by atoms with Crippen LogP contribution in [0.4, 0.5) is 5.82 Å². The van der Waals surface area contributed by atoms with E-state index in [0.29, 0.717) is 17.6 Å². The third-order valence-electron chi connectivity index (χ3n) is 3.85. The third-order valence-corrected chi connectivity index (χ3v) is 3.85. The highest BCUT2D eigenvalue weighted by Gasteiger charge is 2.26. The minimum Gasteiger partial charge on any atom is -0.497 e. The molecule has 5 heteroatoms. The molecule has 1 aliphatic rings. The summed E-state index contributed by atoms with van der Waals surface area (Å²) in [6.45, 7) is 6.36. The van der Waals surface area contributed by atoms with Gasteiger partial charge in [-0.05, 0) is 45.8 Å². The van der Waals surface area contributed by atoms with E-state index in [-0.39, 0.29) is 11.8 Å². The number of ether oxygens (including phenoxy) is 1. The van der Waals surface area contributed by atoms with E-state index in [1.807, 2.05) is 0 Å². The number of nitrogens with one attached hydrogen (secondary N) is 1. The van der Waals surface area contributed by atoms with Gasteiger partial charge in [-0.15, -0.1) is 0 Å². The van der Waals surface area contributed by atoms with E-state index in [4.69, 9.17) is 4.74 Å². The van der Waals surface area contributed by atoms with Crippen molar-refractivity contribution in [3.63, 3.8) is 0 Å². The molecule has 2 heterocycles. The third kappa shape index (κ3) is 3.70. The summed E-state index contributed by atoms with van der Waals surface area (Å²) < 4.78 is 5.12. The van der Waals surface area contributed by atoms with Crippen LogP contribution in [0.25, 0.3) is 0 Å². The number of hydrogen-bond acceptors (Lipinski definition) is 4. The molecule has 1 aromatic rings. The van der Waals surface area contributed by atoms with Gasteiger partial charge in [-0.1, -0.05) is 0 Å². The zero-order valence-corrected chi connectivity index (χ0v) is 12.4. The van der Waals surface area contributed by atoms with Gasteiger partial charge >= 0.3 is 0 Å². The van der Waals surface area contributed by atoms with Crippen LogP contribution in [0.2, 0.25) is 0 Å². The van der Waals surface area contributed by atoms with Gasteiger partial charge in [0.2, 0.25) is 5.91 Å². The van der Waals surface area contributed by atoms with Crippen molar-refractivity contribution in [3.8, 4) is 5.75 Å². The number of aromatic nitrogens is 1. The van der Waals surface area contributed by atoms with E-state index < -0.39 is 0 Å². The maximum absolute atomic E-state index is 12.2. The highest BCUT2D eigenvalue weighted by Crippen LogP contribution is 2.21. The fourth-order valence-electron chi connectivity index (χ4n) is 2.51. The molecule has 0 aliphatic carbocycles. The van der Waals surface area contributed by atoms with Gasteiger partial charge in [0.05, 0.1) is 7.11 Å². The van der Waals surface area contributed by atoms with Crippen molar-refractivity contribution in [1.82, 2.24) is 9.88 Å². The molecule has 0 spiro atoms. The van der Waals surface area contributed by atoms with Crippen LogP contribution >= 0.6 is 0 Å². The van der Waals surface area contributed by atoms with Crippen LogP contribution in [0, 0.1) is 5.92 Å². The smallest absolute Gasteiger partial charge is 0.228 e. The van der Waals surface area contributed by atoms with E-state index >= 15 is 0 Å². The number of rotatable bonds is 4. The van der Waals surface area contributed by atoms with Gasteiger partial charge in [0, 0.05) is 24.2 Å². The first-order valence-corrected chi connectivity index (χ1v) is 7.15. The molecule has 1 N–H and O–H groups in total. The summed E-state index contributed by atoms with van der Waals surface area (Å²) >= 11 is 0. The van der Waals surface area contributed by atoms with E-state index in [1.54, 1.807) is 25.4 Å². The Kier molecular flexibility index (Phi) is 4.95. The second-order valence-electron chi connectivity index (χ2n) is 5.47. The summed E-state index contributed by atoms with van der Waals surface area (Å²) in [6.07, 6.45) is 3.46. The lowest BCUT2D eigenvalue weighted by Crippen LogP contribution is -2.41. The molecule has 2 rings (SSSR count). The average molecular weight is 277 g/mol. The summed E-state index contributed by atoms with van der Waals surface area (Å²) in [4.78, 5) is 18.8. The van der Waals surface area contributed by atoms with Crippen LogP contribution in [0.15, 0.2) is 18.3 Å². The minimum atomic E-state index is 0.0640. The molecular weight excluding hydrogens is 254 g/mol. The number of piperidine rings is 1. The molecule has 1 amide bonds. The van der Waals surface area contributed by atoms with Gasteiger partial charge in [-0.3, -0.25) is 4.79 Å². The number of hydrogen-bond donors (Lipinski definition) is 1. The van der Waals surface area contributed by atoms with Gasteiger partial charge in [0.25, 0.3) is 0 Å². The molecule has 1 aliphatic heterocycles. The lowest BCUT2D eigenvalue weighted by Gasteiger charge is -2.33. The Morgan fingerprint density at radius 2 is 2.15 bits per heavy atom. The Labute approximate surface area is 120 Å². The fraction of sp³-hybridized carbons (Fsp3) is 0.600. The van der Waals surface area contributed by atoms with Gasteiger partial charge in [0.15, 0.2) is 0 Å². The van der Waals surface area contributed by atoms with Gasteiger partial charge in [-0.25, -0.2) is 4.98 Å². The first kappa shape index (κ1) is 14.8. The van der Waals surface area contributed by atoms with Crippen molar-refractivity contribution in [2.75, 3.05) is 25.5 Å². The molecule has 0 atom stereocenters. The summed E-state index contributed by atoms with van der Waals surface area (Å²) in [5.41, 5.74) is 0. The van der Waals surface area contributed by atoms with E-state index in [9.17, 15) is 4.79 Å². The van der Waals surface area contributed by atoms with Crippen molar-refractivity contribution in [2.45, 2.75) is 32.7 Å². The molecule has 1 aromatic heterocycles. The van der Waals surface area contributed by atoms with Crippen molar-refractivity contribution >= 4 is 11.7 Å². The average Bonchev–Trinajstić information content (AvgIpc) is 2.47. The Morgan fingerprint density at radius 1 is 1.45 bits per heavy atom. The molecule has 0 saturated carbocycles. The SMILES string of the molecule is COc1ccnc(NC(=O)C2CCN(C(C)C)CC2)c1. The molecule has 0 unspecified atom stereocenters. The largest absolute Gasteiger partial charge is 0.497 e. The highest BCUT2D eigenvalue weighted by molar-refractivity contribution is 5.91. The van der Waals surface area contributed by atoms with Gasteiger partial charge in [0.1, 0.15) is 11.6 Å². The maximum atomic E-state index is 12.2. The van der Waals surface area contributed by atoms with Crippen molar-refractivity contribution in [3.05, 3.63) is 18.3 Å². The Hall–Kier alpha value is -1.62. The number of amides is 1. The molecular formula is C15H23N3O2. The summed E-state index contributed by atoms with van der Waals surface area (Å²) in [5, 5.41) is 2.88. The number of carbonyl (C=O) groups is 1. The molecule has 110 valence electrons. The van der Waals surface area contributed by atoms with Crippen molar-refractivity contribution in [1.29, 1.82) is 0 Å². The van der Waals surface area contributed by atoms with Crippen LogP contribution in [-0.4, -0.2) is 42.0 Å². The maximum Gasteiger partial charge on any atom is 0.228 e. The van der Waals surface area contributed by atoms with Gasteiger partial charge < -0.3 is 15.0 Å². The molecule has 5 nitrogen and oxygen atoms in total. The second-order valence-corrected chi connectivity index (χ2v) is 5.47. The number of anilines is 1. The van der Waals surface area contributed by atoms with E-state index in [2.05, 4.69) is 29.0 Å². The minimum absolute atomic E-state index is 0.0640.